The Morgan fingerprint density at radius 2 is 2.30 bits per heavy atom. The zero-order valence-corrected chi connectivity index (χ0v) is 12.6. The maximum Gasteiger partial charge on any atom is 0.224 e. The Morgan fingerprint density at radius 3 is 2.95 bits per heavy atom. The molecule has 110 valence electrons. The molecule has 0 aliphatic carbocycles. The molecule has 0 spiro atoms. The number of amides is 1. The molecule has 0 bridgehead atoms. The third-order valence-corrected chi connectivity index (χ3v) is 3.85. The van der Waals surface area contributed by atoms with E-state index in [9.17, 15) is 4.79 Å². The lowest BCUT2D eigenvalue weighted by Crippen LogP contribution is -2.33. The summed E-state index contributed by atoms with van der Waals surface area (Å²) in [5.41, 5.74) is 2.24. The number of carbonyl (C=O) groups is 1. The van der Waals surface area contributed by atoms with Crippen LogP contribution in [0.2, 0.25) is 0 Å². The normalized spacial score (nSPS) is 18.1. The van der Waals surface area contributed by atoms with Crippen molar-refractivity contribution < 1.29 is 9.53 Å². The van der Waals surface area contributed by atoms with Crippen molar-refractivity contribution in [1.82, 2.24) is 10.2 Å². The summed E-state index contributed by atoms with van der Waals surface area (Å²) in [6.45, 7) is 3.68. The van der Waals surface area contributed by atoms with Crippen LogP contribution in [0, 0.1) is 6.92 Å². The van der Waals surface area contributed by atoms with Crippen molar-refractivity contribution >= 4 is 5.91 Å². The number of hydrogen-bond donors (Lipinski definition) is 1. The molecule has 1 fully saturated rings. The van der Waals surface area contributed by atoms with Gasteiger partial charge in [0.2, 0.25) is 5.91 Å². The number of aryl methyl sites for hydroxylation is 1. The number of nitrogens with zero attached hydrogens (tertiary/aromatic N) is 1. The Labute approximate surface area is 121 Å². The molecular formula is C16H24N2O2. The Hall–Kier alpha value is -1.55. The van der Waals surface area contributed by atoms with E-state index in [4.69, 9.17) is 4.74 Å². The fourth-order valence-corrected chi connectivity index (χ4v) is 2.67. The van der Waals surface area contributed by atoms with Gasteiger partial charge in [-0.1, -0.05) is 17.7 Å². The van der Waals surface area contributed by atoms with Gasteiger partial charge in [-0.05, 0) is 32.4 Å². The van der Waals surface area contributed by atoms with Crippen LogP contribution in [0.3, 0.4) is 0 Å². The SMILES string of the molecule is COc1ccc(C)cc1CN(C)C(=O)CC1CCCN1. The summed E-state index contributed by atoms with van der Waals surface area (Å²) in [7, 11) is 3.53. The smallest absolute Gasteiger partial charge is 0.224 e. The Morgan fingerprint density at radius 1 is 1.50 bits per heavy atom. The van der Waals surface area contributed by atoms with E-state index in [1.165, 1.54) is 12.0 Å². The van der Waals surface area contributed by atoms with E-state index in [1.54, 1.807) is 12.0 Å². The maximum atomic E-state index is 12.2. The number of rotatable bonds is 5. The Balaban J connectivity index is 1.97. The number of benzene rings is 1. The van der Waals surface area contributed by atoms with E-state index in [0.717, 1.165) is 24.3 Å². The van der Waals surface area contributed by atoms with E-state index in [0.29, 0.717) is 19.0 Å². The molecule has 1 aromatic carbocycles. The first-order valence-electron chi connectivity index (χ1n) is 7.21. The van der Waals surface area contributed by atoms with Crippen molar-refractivity contribution in [2.75, 3.05) is 20.7 Å². The minimum absolute atomic E-state index is 0.188. The minimum atomic E-state index is 0.188. The molecule has 1 aromatic rings. The molecule has 0 saturated carbocycles. The molecule has 1 unspecified atom stereocenters. The van der Waals surface area contributed by atoms with Crippen LogP contribution in [0.1, 0.15) is 30.4 Å². The minimum Gasteiger partial charge on any atom is -0.496 e. The molecule has 1 N–H and O–H groups in total. The average molecular weight is 276 g/mol. The standard InChI is InChI=1S/C16H24N2O2/c1-12-6-7-15(20-3)13(9-12)11-18(2)16(19)10-14-5-4-8-17-14/h6-7,9,14,17H,4-5,8,10-11H2,1-3H3. The fraction of sp³-hybridized carbons (Fsp3) is 0.562. The molecule has 0 radical (unpaired) electrons. The number of methoxy groups -OCH3 is 1. The van der Waals surface area contributed by atoms with Crippen LogP contribution in [0.15, 0.2) is 18.2 Å². The third-order valence-electron chi connectivity index (χ3n) is 3.85. The van der Waals surface area contributed by atoms with Gasteiger partial charge < -0.3 is 15.0 Å². The monoisotopic (exact) mass is 276 g/mol. The molecule has 20 heavy (non-hydrogen) atoms. The summed E-state index contributed by atoms with van der Waals surface area (Å²) in [6.07, 6.45) is 2.87. The lowest BCUT2D eigenvalue weighted by Gasteiger charge is -2.21. The van der Waals surface area contributed by atoms with Crippen molar-refractivity contribution in [1.29, 1.82) is 0 Å². The van der Waals surface area contributed by atoms with E-state index in [2.05, 4.69) is 11.4 Å². The molecule has 1 aliphatic rings. The van der Waals surface area contributed by atoms with Gasteiger partial charge in [0.15, 0.2) is 0 Å². The van der Waals surface area contributed by atoms with Crippen molar-refractivity contribution in [3.8, 4) is 5.75 Å². The van der Waals surface area contributed by atoms with Crippen LogP contribution < -0.4 is 10.1 Å². The van der Waals surface area contributed by atoms with E-state index in [-0.39, 0.29) is 5.91 Å². The van der Waals surface area contributed by atoms with E-state index >= 15 is 0 Å². The second kappa shape index (κ2) is 6.75. The topological polar surface area (TPSA) is 41.6 Å². The highest BCUT2D eigenvalue weighted by Crippen LogP contribution is 2.21. The fourth-order valence-electron chi connectivity index (χ4n) is 2.67. The molecule has 4 nitrogen and oxygen atoms in total. The molecule has 2 rings (SSSR count). The van der Waals surface area contributed by atoms with Gasteiger partial charge >= 0.3 is 0 Å². The van der Waals surface area contributed by atoms with Crippen LogP contribution in [0.4, 0.5) is 0 Å². The predicted octanol–water partition coefficient (Wildman–Crippen LogP) is 2.10. The number of carbonyl (C=O) groups excluding carboxylic acids is 1. The van der Waals surface area contributed by atoms with Crippen molar-refractivity contribution in [2.45, 2.75) is 38.8 Å². The first-order valence-corrected chi connectivity index (χ1v) is 7.21. The second-order valence-electron chi connectivity index (χ2n) is 5.56. The van der Waals surface area contributed by atoms with Gasteiger partial charge in [0.1, 0.15) is 5.75 Å². The van der Waals surface area contributed by atoms with Crippen LogP contribution in [0.5, 0.6) is 5.75 Å². The largest absolute Gasteiger partial charge is 0.496 e. The molecule has 1 atom stereocenters. The van der Waals surface area contributed by atoms with Crippen LogP contribution in [-0.4, -0.2) is 37.6 Å². The highest BCUT2D eigenvalue weighted by atomic mass is 16.5. The number of nitrogens with one attached hydrogen (secondary N) is 1. The number of ether oxygens (including phenoxy) is 1. The first-order chi connectivity index (χ1) is 9.60. The predicted molar refractivity (Wildman–Crippen MR) is 79.8 cm³/mol. The lowest BCUT2D eigenvalue weighted by molar-refractivity contribution is -0.130. The summed E-state index contributed by atoms with van der Waals surface area (Å²) in [6, 6.07) is 6.41. The van der Waals surface area contributed by atoms with E-state index < -0.39 is 0 Å². The zero-order valence-electron chi connectivity index (χ0n) is 12.6. The molecule has 1 heterocycles. The third kappa shape index (κ3) is 3.73. The summed E-state index contributed by atoms with van der Waals surface area (Å²) in [5.74, 6) is 1.03. The molecular weight excluding hydrogens is 252 g/mol. The van der Waals surface area contributed by atoms with Gasteiger partial charge in [-0.3, -0.25) is 4.79 Å². The maximum absolute atomic E-state index is 12.2. The highest BCUT2D eigenvalue weighted by Gasteiger charge is 2.20. The summed E-state index contributed by atoms with van der Waals surface area (Å²) in [5, 5.41) is 3.37. The van der Waals surface area contributed by atoms with Crippen molar-refractivity contribution in [3.05, 3.63) is 29.3 Å². The summed E-state index contributed by atoms with van der Waals surface area (Å²) >= 11 is 0. The number of hydrogen-bond acceptors (Lipinski definition) is 3. The van der Waals surface area contributed by atoms with Gasteiger partial charge in [-0.15, -0.1) is 0 Å². The van der Waals surface area contributed by atoms with Gasteiger partial charge in [0, 0.05) is 31.6 Å². The summed E-state index contributed by atoms with van der Waals surface area (Å²) < 4.78 is 5.36. The van der Waals surface area contributed by atoms with Crippen LogP contribution in [0.25, 0.3) is 0 Å². The van der Waals surface area contributed by atoms with E-state index in [1.807, 2.05) is 26.1 Å². The molecule has 1 aliphatic heterocycles. The lowest BCUT2D eigenvalue weighted by atomic mass is 10.1. The summed E-state index contributed by atoms with van der Waals surface area (Å²) in [4.78, 5) is 14.0. The molecule has 1 amide bonds. The molecule has 4 heteroatoms. The van der Waals surface area contributed by atoms with Crippen LogP contribution in [-0.2, 0) is 11.3 Å². The van der Waals surface area contributed by atoms with Crippen molar-refractivity contribution in [3.63, 3.8) is 0 Å². The average Bonchev–Trinajstić information content (AvgIpc) is 2.91. The Kier molecular flexibility index (Phi) is 5.01. The van der Waals surface area contributed by atoms with Crippen molar-refractivity contribution in [2.24, 2.45) is 0 Å². The Bertz CT molecular complexity index is 468. The first kappa shape index (κ1) is 14.9. The van der Waals surface area contributed by atoms with Gasteiger partial charge in [0.05, 0.1) is 7.11 Å². The molecule has 1 saturated heterocycles. The second-order valence-corrected chi connectivity index (χ2v) is 5.56. The van der Waals surface area contributed by atoms with Gasteiger partial charge in [-0.25, -0.2) is 0 Å². The van der Waals surface area contributed by atoms with Crippen LogP contribution >= 0.6 is 0 Å². The van der Waals surface area contributed by atoms with Gasteiger partial charge in [-0.2, -0.15) is 0 Å². The quantitative estimate of drug-likeness (QED) is 0.895. The highest BCUT2D eigenvalue weighted by molar-refractivity contribution is 5.76. The zero-order chi connectivity index (χ0) is 14.5. The van der Waals surface area contributed by atoms with Gasteiger partial charge in [0.25, 0.3) is 0 Å². The molecule has 0 aromatic heterocycles.